The van der Waals surface area contributed by atoms with Gasteiger partial charge < -0.3 is 0 Å². The first kappa shape index (κ1) is 20.1. The molecule has 0 atom stereocenters. The fourth-order valence-corrected chi connectivity index (χ4v) is 3.30. The van der Waals surface area contributed by atoms with Crippen LogP contribution in [-0.4, -0.2) is 4.98 Å². The van der Waals surface area contributed by atoms with Gasteiger partial charge in [0.05, 0.1) is 0 Å². The van der Waals surface area contributed by atoms with Gasteiger partial charge in [0, 0.05) is 17.3 Å². The average molecular weight is 383 g/mol. The number of halogens is 3. The Balaban J connectivity index is 1.70. The normalized spacial score (nSPS) is 11.0. The minimum atomic E-state index is -1.12. The first-order valence-corrected chi connectivity index (χ1v) is 9.78. The molecule has 0 aliphatic carbocycles. The van der Waals surface area contributed by atoms with E-state index in [1.54, 1.807) is 30.3 Å². The molecule has 4 heteroatoms. The topological polar surface area (TPSA) is 12.9 Å². The van der Waals surface area contributed by atoms with Gasteiger partial charge in [-0.2, -0.15) is 4.39 Å². The highest BCUT2D eigenvalue weighted by Crippen LogP contribution is 2.28. The van der Waals surface area contributed by atoms with Gasteiger partial charge in [0.25, 0.3) is 0 Å². The quantitative estimate of drug-likeness (QED) is 0.293. The second-order valence-corrected chi connectivity index (χ2v) is 7.05. The molecule has 0 aliphatic rings. The summed E-state index contributed by atoms with van der Waals surface area (Å²) in [6.07, 6.45) is 8.13. The number of hydrogen-bond acceptors (Lipinski definition) is 1. The molecule has 0 unspecified atom stereocenters. The summed E-state index contributed by atoms with van der Waals surface area (Å²) >= 11 is 0. The van der Waals surface area contributed by atoms with Crippen molar-refractivity contribution in [1.82, 2.24) is 4.98 Å². The summed E-state index contributed by atoms with van der Waals surface area (Å²) in [5.74, 6) is -2.35. The van der Waals surface area contributed by atoms with Crippen molar-refractivity contribution in [2.75, 3.05) is 0 Å². The number of nitrogens with zero attached hydrogens (tertiary/aromatic N) is 1. The van der Waals surface area contributed by atoms with Crippen molar-refractivity contribution in [3.05, 3.63) is 77.9 Å². The summed E-state index contributed by atoms with van der Waals surface area (Å²) in [6.45, 7) is 2.19. The summed E-state index contributed by atoms with van der Waals surface area (Å²) in [5.41, 5.74) is 3.46. The van der Waals surface area contributed by atoms with Gasteiger partial charge in [-0.3, -0.25) is 0 Å². The van der Waals surface area contributed by atoms with Gasteiger partial charge in [-0.1, -0.05) is 69.0 Å². The highest BCUT2D eigenvalue weighted by molar-refractivity contribution is 5.70. The van der Waals surface area contributed by atoms with Crippen LogP contribution in [0.25, 0.3) is 22.3 Å². The molecule has 1 nitrogen and oxygen atoms in total. The van der Waals surface area contributed by atoms with E-state index in [1.807, 2.05) is 12.1 Å². The zero-order chi connectivity index (χ0) is 19.9. The first-order valence-electron chi connectivity index (χ1n) is 9.78. The zero-order valence-corrected chi connectivity index (χ0v) is 16.0. The van der Waals surface area contributed by atoms with Crippen LogP contribution in [0, 0.1) is 17.6 Å². The molecule has 0 amide bonds. The molecule has 0 radical (unpaired) electrons. The van der Waals surface area contributed by atoms with E-state index < -0.39 is 11.8 Å². The summed E-state index contributed by atoms with van der Waals surface area (Å²) in [5, 5.41) is 0. The van der Waals surface area contributed by atoms with Crippen LogP contribution in [0.1, 0.15) is 44.6 Å². The van der Waals surface area contributed by atoms with E-state index in [0.717, 1.165) is 30.0 Å². The second kappa shape index (κ2) is 9.54. The van der Waals surface area contributed by atoms with Gasteiger partial charge in [0.1, 0.15) is 5.82 Å². The van der Waals surface area contributed by atoms with Crippen molar-refractivity contribution in [2.45, 2.75) is 45.4 Å². The summed E-state index contributed by atoms with van der Waals surface area (Å²) in [6, 6.07) is 13.6. The lowest BCUT2D eigenvalue weighted by Crippen LogP contribution is -1.92. The van der Waals surface area contributed by atoms with Crippen LogP contribution >= 0.6 is 0 Å². The molecule has 0 spiro atoms. The van der Waals surface area contributed by atoms with Crippen molar-refractivity contribution < 1.29 is 13.2 Å². The van der Waals surface area contributed by atoms with Crippen molar-refractivity contribution in [3.63, 3.8) is 0 Å². The van der Waals surface area contributed by atoms with Gasteiger partial charge in [-0.15, -0.1) is 0 Å². The number of hydrogen-bond donors (Lipinski definition) is 0. The molecule has 0 N–H and O–H groups in total. The highest BCUT2D eigenvalue weighted by Gasteiger charge is 2.09. The van der Waals surface area contributed by atoms with Gasteiger partial charge in [0.2, 0.25) is 5.95 Å². The van der Waals surface area contributed by atoms with Gasteiger partial charge in [-0.25, -0.2) is 13.8 Å². The smallest absolute Gasteiger partial charge is 0.225 e. The van der Waals surface area contributed by atoms with Gasteiger partial charge in [0.15, 0.2) is 5.82 Å². The number of pyridine rings is 1. The summed E-state index contributed by atoms with van der Waals surface area (Å²) < 4.78 is 40.9. The summed E-state index contributed by atoms with van der Waals surface area (Å²) in [4.78, 5) is 3.40. The molecule has 3 aromatic rings. The fourth-order valence-electron chi connectivity index (χ4n) is 3.30. The molecule has 0 fully saturated rings. The van der Waals surface area contributed by atoms with Crippen molar-refractivity contribution in [2.24, 2.45) is 0 Å². The van der Waals surface area contributed by atoms with E-state index in [9.17, 15) is 13.2 Å². The molecule has 0 bridgehead atoms. The largest absolute Gasteiger partial charge is 0.248 e. The molecule has 1 heterocycles. The zero-order valence-electron chi connectivity index (χ0n) is 16.0. The third-order valence-corrected chi connectivity index (χ3v) is 4.93. The Kier molecular flexibility index (Phi) is 6.85. The molecule has 0 aliphatic heterocycles. The lowest BCUT2D eigenvalue weighted by atomic mass is 9.98. The SMILES string of the molecule is CCCCCCCc1ccc(-c2ccc(-c3cnc(F)c(F)c3)cc2)c(F)c1. The van der Waals surface area contributed by atoms with E-state index in [1.165, 1.54) is 31.9 Å². The van der Waals surface area contributed by atoms with E-state index in [-0.39, 0.29) is 5.82 Å². The average Bonchev–Trinajstić information content (AvgIpc) is 2.70. The Morgan fingerprint density at radius 2 is 1.43 bits per heavy atom. The third-order valence-electron chi connectivity index (χ3n) is 4.93. The van der Waals surface area contributed by atoms with E-state index in [2.05, 4.69) is 11.9 Å². The molecule has 146 valence electrons. The Morgan fingerprint density at radius 3 is 2.11 bits per heavy atom. The van der Waals surface area contributed by atoms with Gasteiger partial charge in [-0.05, 0) is 41.7 Å². The Labute approximate surface area is 164 Å². The van der Waals surface area contributed by atoms with E-state index in [4.69, 9.17) is 0 Å². The molecule has 3 rings (SSSR count). The molecular weight excluding hydrogens is 359 g/mol. The maximum absolute atomic E-state index is 14.6. The van der Waals surface area contributed by atoms with Crippen LogP contribution in [-0.2, 0) is 6.42 Å². The Hall–Kier alpha value is -2.62. The Morgan fingerprint density at radius 1 is 0.714 bits per heavy atom. The van der Waals surface area contributed by atoms with Crippen LogP contribution in [0.3, 0.4) is 0 Å². The lowest BCUT2D eigenvalue weighted by molar-refractivity contribution is 0.480. The summed E-state index contributed by atoms with van der Waals surface area (Å²) in [7, 11) is 0. The standard InChI is InChI=1S/C24H24F3N/c1-2-3-4-5-6-7-17-8-13-21(22(25)14-17)19-11-9-18(10-12-19)20-15-23(26)24(27)28-16-20/h8-16H,2-7H2,1H3. The molecular formula is C24H24F3N. The van der Waals surface area contributed by atoms with E-state index >= 15 is 0 Å². The number of benzene rings is 2. The maximum atomic E-state index is 14.6. The van der Waals surface area contributed by atoms with Gasteiger partial charge >= 0.3 is 0 Å². The second-order valence-electron chi connectivity index (χ2n) is 7.05. The molecule has 0 saturated carbocycles. The van der Waals surface area contributed by atoms with Crippen LogP contribution < -0.4 is 0 Å². The molecule has 0 saturated heterocycles. The van der Waals surface area contributed by atoms with E-state index in [0.29, 0.717) is 16.7 Å². The highest BCUT2D eigenvalue weighted by atomic mass is 19.2. The maximum Gasteiger partial charge on any atom is 0.248 e. The number of aromatic nitrogens is 1. The molecule has 1 aromatic heterocycles. The van der Waals surface area contributed by atoms with Crippen molar-refractivity contribution in [3.8, 4) is 22.3 Å². The number of aryl methyl sites for hydroxylation is 1. The lowest BCUT2D eigenvalue weighted by Gasteiger charge is -2.08. The van der Waals surface area contributed by atoms with Crippen LogP contribution in [0.2, 0.25) is 0 Å². The van der Waals surface area contributed by atoms with Crippen molar-refractivity contribution >= 4 is 0 Å². The predicted molar refractivity (Wildman–Crippen MR) is 107 cm³/mol. The third kappa shape index (κ3) is 5.00. The predicted octanol–water partition coefficient (Wildman–Crippen LogP) is 7.35. The molecule has 2 aromatic carbocycles. The minimum Gasteiger partial charge on any atom is -0.225 e. The van der Waals surface area contributed by atoms with Crippen LogP contribution in [0.5, 0.6) is 0 Å². The fraction of sp³-hybridized carbons (Fsp3) is 0.292. The van der Waals surface area contributed by atoms with Crippen LogP contribution in [0.15, 0.2) is 54.7 Å². The minimum absolute atomic E-state index is 0.242. The molecule has 28 heavy (non-hydrogen) atoms. The number of unbranched alkanes of at least 4 members (excludes halogenated alkanes) is 4. The number of rotatable bonds is 8. The monoisotopic (exact) mass is 383 g/mol. The van der Waals surface area contributed by atoms with Crippen molar-refractivity contribution in [1.29, 1.82) is 0 Å². The Bertz CT molecular complexity index is 920. The first-order chi connectivity index (χ1) is 13.6. The van der Waals surface area contributed by atoms with Crippen LogP contribution in [0.4, 0.5) is 13.2 Å².